The number of carbonyl (C=O) groups excluding carboxylic acids is 2. The summed E-state index contributed by atoms with van der Waals surface area (Å²) in [6.07, 6.45) is 7.13. The lowest BCUT2D eigenvalue weighted by atomic mass is 10.0. The third-order valence-corrected chi connectivity index (χ3v) is 4.97. The van der Waals surface area contributed by atoms with Crippen LogP contribution >= 0.6 is 0 Å². The third-order valence-electron chi connectivity index (χ3n) is 4.97. The second-order valence-corrected chi connectivity index (χ2v) is 6.43. The fourth-order valence-electron chi connectivity index (χ4n) is 3.49. The zero-order valence-corrected chi connectivity index (χ0v) is 14.2. The summed E-state index contributed by atoms with van der Waals surface area (Å²) in [4.78, 5) is 38.1. The minimum Gasteiger partial charge on any atom is -0.342 e. The third kappa shape index (κ3) is 3.49. The van der Waals surface area contributed by atoms with Crippen LogP contribution in [-0.2, 0) is 4.79 Å². The lowest BCUT2D eigenvalue weighted by Crippen LogP contribution is -2.48. The Morgan fingerprint density at radius 1 is 1.25 bits per heavy atom. The molecule has 1 atom stereocenters. The molecule has 1 aromatic heterocycles. The van der Waals surface area contributed by atoms with Crippen molar-refractivity contribution >= 4 is 18.3 Å². The van der Waals surface area contributed by atoms with Gasteiger partial charge in [0.05, 0.1) is 0 Å². The summed E-state index contributed by atoms with van der Waals surface area (Å²) in [5.41, 5.74) is 0.444. The van der Waals surface area contributed by atoms with Crippen molar-refractivity contribution in [3.05, 3.63) is 18.0 Å². The minimum absolute atomic E-state index is 0.0748. The van der Waals surface area contributed by atoms with Crippen molar-refractivity contribution < 1.29 is 9.59 Å². The lowest BCUT2D eigenvalue weighted by Gasteiger charge is -2.35. The summed E-state index contributed by atoms with van der Waals surface area (Å²) in [6.45, 7) is 5.41. The van der Waals surface area contributed by atoms with Crippen LogP contribution in [0.5, 0.6) is 0 Å². The van der Waals surface area contributed by atoms with Crippen LogP contribution in [0.15, 0.2) is 12.3 Å². The quantitative estimate of drug-likeness (QED) is 0.775. The van der Waals surface area contributed by atoms with E-state index in [2.05, 4.69) is 21.8 Å². The van der Waals surface area contributed by atoms with E-state index < -0.39 is 0 Å². The molecule has 0 N–H and O–H groups in total. The average molecular weight is 331 g/mol. The summed E-state index contributed by atoms with van der Waals surface area (Å²) in [6, 6.07) is 2.14. The van der Waals surface area contributed by atoms with Crippen molar-refractivity contribution in [1.82, 2.24) is 19.8 Å². The van der Waals surface area contributed by atoms with Gasteiger partial charge in [0.2, 0.25) is 12.4 Å². The normalized spacial score (nSPS) is 21.7. The van der Waals surface area contributed by atoms with Crippen molar-refractivity contribution in [3.63, 3.8) is 0 Å². The smallest absolute Gasteiger partial charge is 0.272 e. The van der Waals surface area contributed by atoms with E-state index in [0.717, 1.165) is 32.2 Å². The first kappa shape index (κ1) is 16.7. The predicted molar refractivity (Wildman–Crippen MR) is 90.8 cm³/mol. The number of nitrogens with zero attached hydrogens (tertiary/aromatic N) is 5. The maximum Gasteiger partial charge on any atom is 0.272 e. The van der Waals surface area contributed by atoms with Gasteiger partial charge in [-0.15, -0.1) is 0 Å². The fourth-order valence-corrected chi connectivity index (χ4v) is 3.49. The Hall–Kier alpha value is -2.18. The molecule has 2 saturated heterocycles. The van der Waals surface area contributed by atoms with Crippen LogP contribution < -0.4 is 4.90 Å². The number of hydrogen-bond acceptors (Lipinski definition) is 5. The Labute approximate surface area is 142 Å². The van der Waals surface area contributed by atoms with Gasteiger partial charge >= 0.3 is 0 Å². The van der Waals surface area contributed by atoms with Gasteiger partial charge in [0.25, 0.3) is 5.91 Å². The van der Waals surface area contributed by atoms with Gasteiger partial charge in [0.1, 0.15) is 5.69 Å². The molecule has 7 heteroatoms. The molecule has 2 fully saturated rings. The number of carbonyl (C=O) groups is 2. The molecular formula is C17H25N5O2. The summed E-state index contributed by atoms with van der Waals surface area (Å²) < 4.78 is 0. The van der Waals surface area contributed by atoms with E-state index in [-0.39, 0.29) is 5.91 Å². The maximum absolute atomic E-state index is 12.7. The van der Waals surface area contributed by atoms with E-state index in [4.69, 9.17) is 0 Å². The highest BCUT2D eigenvalue weighted by Gasteiger charge is 2.26. The molecule has 3 rings (SSSR count). The molecule has 3 heterocycles. The molecule has 0 bridgehead atoms. The molecule has 2 aliphatic rings. The van der Waals surface area contributed by atoms with Crippen molar-refractivity contribution in [2.24, 2.45) is 0 Å². The summed E-state index contributed by atoms with van der Waals surface area (Å²) >= 11 is 0. The van der Waals surface area contributed by atoms with Crippen LogP contribution in [0.4, 0.5) is 5.95 Å². The molecule has 0 radical (unpaired) electrons. The monoisotopic (exact) mass is 331 g/mol. The van der Waals surface area contributed by atoms with E-state index in [1.54, 1.807) is 22.1 Å². The Morgan fingerprint density at radius 2 is 2.04 bits per heavy atom. The van der Waals surface area contributed by atoms with E-state index in [0.29, 0.717) is 43.9 Å². The van der Waals surface area contributed by atoms with Crippen LogP contribution in [0.3, 0.4) is 0 Å². The number of rotatable bonds is 4. The molecule has 0 saturated carbocycles. The van der Waals surface area contributed by atoms with Crippen LogP contribution in [-0.4, -0.2) is 70.9 Å². The van der Waals surface area contributed by atoms with E-state index >= 15 is 0 Å². The molecule has 0 spiro atoms. The standard InChI is InChI=1S/C17H25N5O2/c1-2-14-5-3-4-8-22(14)17-18-7-6-15(19-17)16(24)21-11-9-20(13-23)10-12-21/h6-7,13-14H,2-5,8-12H2,1H3. The number of aromatic nitrogens is 2. The number of piperidine rings is 1. The van der Waals surface area contributed by atoms with E-state index in [1.165, 1.54) is 6.42 Å². The largest absolute Gasteiger partial charge is 0.342 e. The second kappa shape index (κ2) is 7.59. The van der Waals surface area contributed by atoms with Gasteiger partial charge in [-0.3, -0.25) is 9.59 Å². The van der Waals surface area contributed by atoms with Crippen LogP contribution in [0, 0.1) is 0 Å². The van der Waals surface area contributed by atoms with Gasteiger partial charge < -0.3 is 14.7 Å². The van der Waals surface area contributed by atoms with Gasteiger partial charge in [-0.1, -0.05) is 6.92 Å². The van der Waals surface area contributed by atoms with Gasteiger partial charge in [-0.25, -0.2) is 9.97 Å². The SMILES string of the molecule is CCC1CCCCN1c1nccc(C(=O)N2CCN(C=O)CC2)n1. The zero-order valence-electron chi connectivity index (χ0n) is 14.2. The molecule has 2 aliphatic heterocycles. The topological polar surface area (TPSA) is 69.6 Å². The van der Waals surface area contributed by atoms with Gasteiger partial charge in [-0.05, 0) is 31.7 Å². The molecule has 0 aromatic carbocycles. The van der Waals surface area contributed by atoms with Crippen LogP contribution in [0.2, 0.25) is 0 Å². The highest BCUT2D eigenvalue weighted by Crippen LogP contribution is 2.23. The Bertz CT molecular complexity index is 586. The van der Waals surface area contributed by atoms with Gasteiger partial charge in [-0.2, -0.15) is 0 Å². The zero-order chi connectivity index (χ0) is 16.9. The summed E-state index contributed by atoms with van der Waals surface area (Å²) in [5.74, 6) is 0.591. The van der Waals surface area contributed by atoms with E-state index in [1.807, 2.05) is 0 Å². The highest BCUT2D eigenvalue weighted by atomic mass is 16.2. The van der Waals surface area contributed by atoms with Crippen molar-refractivity contribution in [2.45, 2.75) is 38.6 Å². The first-order chi connectivity index (χ1) is 11.7. The first-order valence-corrected chi connectivity index (χ1v) is 8.81. The van der Waals surface area contributed by atoms with E-state index in [9.17, 15) is 9.59 Å². The second-order valence-electron chi connectivity index (χ2n) is 6.43. The average Bonchev–Trinajstić information content (AvgIpc) is 2.67. The molecule has 0 aliphatic carbocycles. The van der Waals surface area contributed by atoms with Gasteiger partial charge in [0, 0.05) is 45.0 Å². The molecule has 24 heavy (non-hydrogen) atoms. The van der Waals surface area contributed by atoms with Crippen molar-refractivity contribution in [2.75, 3.05) is 37.6 Å². The van der Waals surface area contributed by atoms with Crippen LogP contribution in [0.1, 0.15) is 43.1 Å². The molecule has 130 valence electrons. The van der Waals surface area contributed by atoms with Crippen molar-refractivity contribution in [1.29, 1.82) is 0 Å². The van der Waals surface area contributed by atoms with Crippen LogP contribution in [0.25, 0.3) is 0 Å². The minimum atomic E-state index is -0.0748. The summed E-state index contributed by atoms with van der Waals surface area (Å²) in [5, 5.41) is 0. The van der Waals surface area contributed by atoms with Crippen molar-refractivity contribution in [3.8, 4) is 0 Å². The van der Waals surface area contributed by atoms with Gasteiger partial charge in [0.15, 0.2) is 0 Å². The Morgan fingerprint density at radius 3 is 2.75 bits per heavy atom. The molecule has 2 amide bonds. The molecule has 1 aromatic rings. The first-order valence-electron chi connectivity index (χ1n) is 8.81. The maximum atomic E-state index is 12.7. The molecule has 1 unspecified atom stereocenters. The lowest BCUT2D eigenvalue weighted by molar-refractivity contribution is -0.119. The number of hydrogen-bond donors (Lipinski definition) is 0. The fraction of sp³-hybridized carbons (Fsp3) is 0.647. The Kier molecular flexibility index (Phi) is 5.27. The number of amides is 2. The predicted octanol–water partition coefficient (Wildman–Crippen LogP) is 1.16. The highest BCUT2D eigenvalue weighted by molar-refractivity contribution is 5.92. The number of anilines is 1. The molecule has 7 nitrogen and oxygen atoms in total. The molecular weight excluding hydrogens is 306 g/mol. The Balaban J connectivity index is 1.73. The summed E-state index contributed by atoms with van der Waals surface area (Å²) in [7, 11) is 0. The number of piperazine rings is 1.